The Hall–Kier alpha value is -1.89. The summed E-state index contributed by atoms with van der Waals surface area (Å²) in [7, 11) is 0. The number of carbonyl (C=O) groups excluding carboxylic acids is 1. The summed E-state index contributed by atoms with van der Waals surface area (Å²) < 4.78 is 10.4. The van der Waals surface area contributed by atoms with Crippen LogP contribution in [-0.4, -0.2) is 40.2 Å². The first kappa shape index (κ1) is 23.4. The van der Waals surface area contributed by atoms with Crippen LogP contribution in [0.15, 0.2) is 36.9 Å². The largest absolute Gasteiger partial charge is 0.514 e. The van der Waals surface area contributed by atoms with E-state index in [1.54, 1.807) is 32.9 Å². The molecule has 1 aromatic carbocycles. The number of hydroxylamine groups is 2. The number of hydrogen-bond acceptors (Lipinski definition) is 6. The SMILES string of the molecule is C=CC[C@@]1(CC(C)C)C[C@H](CO)ON1Cc1ccc(OC(=O)OC(C)(C)C)cc1. The summed E-state index contributed by atoms with van der Waals surface area (Å²) in [6.07, 6.45) is 3.52. The van der Waals surface area contributed by atoms with E-state index >= 15 is 0 Å². The fourth-order valence-electron chi connectivity index (χ4n) is 3.84. The Balaban J connectivity index is 2.10. The maximum Gasteiger partial charge on any atom is 0.514 e. The maximum atomic E-state index is 11.8. The fourth-order valence-corrected chi connectivity index (χ4v) is 3.84. The predicted molar refractivity (Wildman–Crippen MR) is 112 cm³/mol. The molecule has 6 heteroatoms. The molecule has 2 rings (SSSR count). The number of hydrogen-bond donors (Lipinski definition) is 1. The van der Waals surface area contributed by atoms with Crippen LogP contribution in [-0.2, 0) is 16.1 Å². The van der Waals surface area contributed by atoms with Crippen LogP contribution in [0.1, 0.15) is 59.4 Å². The average Bonchev–Trinajstić information content (AvgIpc) is 2.92. The molecule has 1 saturated heterocycles. The summed E-state index contributed by atoms with van der Waals surface area (Å²) in [5, 5.41) is 11.6. The molecule has 0 bridgehead atoms. The highest BCUT2D eigenvalue weighted by Crippen LogP contribution is 2.41. The van der Waals surface area contributed by atoms with Crippen molar-refractivity contribution in [3.05, 3.63) is 42.5 Å². The van der Waals surface area contributed by atoms with Crippen molar-refractivity contribution in [3.8, 4) is 5.75 Å². The average molecular weight is 406 g/mol. The zero-order valence-corrected chi connectivity index (χ0v) is 18.3. The first-order valence-electron chi connectivity index (χ1n) is 10.2. The topological polar surface area (TPSA) is 68.2 Å². The highest BCUT2D eigenvalue weighted by Gasteiger charge is 2.46. The zero-order valence-electron chi connectivity index (χ0n) is 18.3. The van der Waals surface area contributed by atoms with Gasteiger partial charge in [-0.25, -0.2) is 4.79 Å². The quantitative estimate of drug-likeness (QED) is 0.378. The lowest BCUT2D eigenvalue weighted by Gasteiger charge is -2.37. The van der Waals surface area contributed by atoms with Gasteiger partial charge in [0.2, 0.25) is 0 Å². The standard InChI is InChI=1S/C23H35NO5/c1-7-12-23(13-17(2)3)14-20(16-25)29-24(23)15-18-8-10-19(11-9-18)27-21(26)28-22(4,5)6/h7-11,17,20,25H,1,12-16H2,2-6H3/t20-,23-/m1/s1. The van der Waals surface area contributed by atoms with Gasteiger partial charge in [0.15, 0.2) is 0 Å². The molecule has 0 spiro atoms. The summed E-state index contributed by atoms with van der Waals surface area (Å²) in [4.78, 5) is 17.9. The second-order valence-corrected chi connectivity index (χ2v) is 9.18. The lowest BCUT2D eigenvalue weighted by atomic mass is 9.81. The molecule has 29 heavy (non-hydrogen) atoms. The van der Waals surface area contributed by atoms with E-state index in [-0.39, 0.29) is 18.2 Å². The molecule has 0 aromatic heterocycles. The number of ether oxygens (including phenoxy) is 2. The Kier molecular flexibility index (Phi) is 7.86. The normalized spacial score (nSPS) is 22.7. The first-order valence-corrected chi connectivity index (χ1v) is 10.2. The molecule has 2 atom stereocenters. The molecule has 0 unspecified atom stereocenters. The lowest BCUT2D eigenvalue weighted by Crippen LogP contribution is -2.43. The summed E-state index contributed by atoms with van der Waals surface area (Å²) in [5.74, 6) is 0.918. The Bertz CT molecular complexity index is 680. The van der Waals surface area contributed by atoms with Gasteiger partial charge in [-0.05, 0) is 63.6 Å². The van der Waals surface area contributed by atoms with Crippen LogP contribution in [0, 0.1) is 5.92 Å². The molecule has 0 aliphatic carbocycles. The molecule has 0 saturated carbocycles. The smallest absolute Gasteiger partial charge is 0.428 e. The number of benzene rings is 1. The van der Waals surface area contributed by atoms with Crippen molar-refractivity contribution in [2.45, 2.75) is 77.7 Å². The van der Waals surface area contributed by atoms with E-state index in [1.165, 1.54) is 0 Å². The molecule has 1 aromatic rings. The molecule has 1 aliphatic rings. The molecule has 162 valence electrons. The highest BCUT2D eigenvalue weighted by molar-refractivity contribution is 5.64. The highest BCUT2D eigenvalue weighted by atomic mass is 16.7. The molecule has 1 aliphatic heterocycles. The van der Waals surface area contributed by atoms with Crippen molar-refractivity contribution in [2.75, 3.05) is 6.61 Å². The van der Waals surface area contributed by atoms with Crippen LogP contribution in [0.2, 0.25) is 0 Å². The minimum absolute atomic E-state index is 0.00382. The van der Waals surface area contributed by atoms with Crippen molar-refractivity contribution < 1.29 is 24.2 Å². The monoisotopic (exact) mass is 405 g/mol. The van der Waals surface area contributed by atoms with Crippen molar-refractivity contribution in [2.24, 2.45) is 5.92 Å². The van der Waals surface area contributed by atoms with Crippen LogP contribution < -0.4 is 4.74 Å². The molecule has 0 radical (unpaired) electrons. The Morgan fingerprint density at radius 1 is 1.38 bits per heavy atom. The lowest BCUT2D eigenvalue weighted by molar-refractivity contribution is -0.203. The van der Waals surface area contributed by atoms with E-state index in [0.717, 1.165) is 24.8 Å². The number of rotatable bonds is 8. The number of aliphatic hydroxyl groups is 1. The van der Waals surface area contributed by atoms with Gasteiger partial charge in [0.05, 0.1) is 12.1 Å². The third kappa shape index (κ3) is 6.84. The van der Waals surface area contributed by atoms with Gasteiger partial charge in [-0.2, -0.15) is 5.06 Å². The molecular weight excluding hydrogens is 370 g/mol. The Labute approximate surface area is 174 Å². The zero-order chi connectivity index (χ0) is 21.7. The summed E-state index contributed by atoms with van der Waals surface area (Å²) in [6.45, 7) is 14.3. The van der Waals surface area contributed by atoms with Gasteiger partial charge in [-0.3, -0.25) is 4.84 Å². The van der Waals surface area contributed by atoms with Gasteiger partial charge in [0.1, 0.15) is 17.5 Å². The number of carbonyl (C=O) groups is 1. The fraction of sp³-hybridized carbons (Fsp3) is 0.609. The van der Waals surface area contributed by atoms with Gasteiger partial charge in [0, 0.05) is 6.54 Å². The Morgan fingerprint density at radius 3 is 2.55 bits per heavy atom. The van der Waals surface area contributed by atoms with E-state index in [9.17, 15) is 9.90 Å². The third-order valence-corrected chi connectivity index (χ3v) is 4.77. The van der Waals surface area contributed by atoms with Crippen molar-refractivity contribution in [1.82, 2.24) is 5.06 Å². The minimum atomic E-state index is -0.721. The van der Waals surface area contributed by atoms with E-state index in [0.29, 0.717) is 18.2 Å². The second kappa shape index (κ2) is 9.74. The van der Waals surface area contributed by atoms with Crippen LogP contribution in [0.3, 0.4) is 0 Å². The van der Waals surface area contributed by atoms with E-state index in [2.05, 4.69) is 20.4 Å². The summed E-state index contributed by atoms with van der Waals surface area (Å²) in [6, 6.07) is 7.31. The van der Waals surface area contributed by atoms with E-state index < -0.39 is 11.8 Å². The predicted octanol–water partition coefficient (Wildman–Crippen LogP) is 4.86. The number of aliphatic hydroxyl groups excluding tert-OH is 1. The molecule has 1 fully saturated rings. The summed E-state index contributed by atoms with van der Waals surface area (Å²) >= 11 is 0. The molecule has 6 nitrogen and oxygen atoms in total. The second-order valence-electron chi connectivity index (χ2n) is 9.18. The third-order valence-electron chi connectivity index (χ3n) is 4.77. The van der Waals surface area contributed by atoms with Crippen LogP contribution in [0.5, 0.6) is 5.75 Å². The molecule has 0 amide bonds. The van der Waals surface area contributed by atoms with Crippen molar-refractivity contribution >= 4 is 6.16 Å². The van der Waals surface area contributed by atoms with Gasteiger partial charge in [-0.15, -0.1) is 6.58 Å². The van der Waals surface area contributed by atoms with Gasteiger partial charge < -0.3 is 14.6 Å². The van der Waals surface area contributed by atoms with E-state index in [1.807, 2.05) is 23.3 Å². The Morgan fingerprint density at radius 2 is 2.03 bits per heavy atom. The van der Waals surface area contributed by atoms with Crippen LogP contribution in [0.25, 0.3) is 0 Å². The molecule has 1 N–H and O–H groups in total. The molecular formula is C23H35NO5. The molecule has 1 heterocycles. The van der Waals surface area contributed by atoms with Gasteiger partial charge in [0.25, 0.3) is 0 Å². The van der Waals surface area contributed by atoms with Crippen LogP contribution in [0.4, 0.5) is 4.79 Å². The first-order chi connectivity index (χ1) is 13.6. The van der Waals surface area contributed by atoms with Crippen LogP contribution >= 0.6 is 0 Å². The van der Waals surface area contributed by atoms with Crippen molar-refractivity contribution in [1.29, 1.82) is 0 Å². The minimum Gasteiger partial charge on any atom is -0.428 e. The van der Waals surface area contributed by atoms with Crippen molar-refractivity contribution in [3.63, 3.8) is 0 Å². The summed E-state index contributed by atoms with van der Waals surface area (Å²) in [5.41, 5.74) is 0.241. The maximum absolute atomic E-state index is 11.8. The van der Waals surface area contributed by atoms with Gasteiger partial charge in [-0.1, -0.05) is 32.1 Å². The van der Waals surface area contributed by atoms with Gasteiger partial charge >= 0.3 is 6.16 Å². The number of nitrogens with zero attached hydrogens (tertiary/aromatic N) is 1. The van der Waals surface area contributed by atoms with E-state index in [4.69, 9.17) is 14.3 Å².